The van der Waals surface area contributed by atoms with Gasteiger partial charge in [0, 0.05) is 12.1 Å². The lowest BCUT2D eigenvalue weighted by Crippen LogP contribution is -2.42. The van der Waals surface area contributed by atoms with Crippen molar-refractivity contribution in [2.75, 3.05) is 20.2 Å². The second-order valence-electron chi connectivity index (χ2n) is 5.50. The number of nitrogens with one attached hydrogen (secondary N) is 3. The highest BCUT2D eigenvalue weighted by atomic mass is 79.9. The van der Waals surface area contributed by atoms with Gasteiger partial charge in [-0.15, -0.1) is 0 Å². The third kappa shape index (κ3) is 7.00. The zero-order valence-electron chi connectivity index (χ0n) is 13.9. The number of ether oxygens (including phenoxy) is 1. The molecule has 0 saturated heterocycles. The summed E-state index contributed by atoms with van der Waals surface area (Å²) in [6, 6.07) is 5.81. The summed E-state index contributed by atoms with van der Waals surface area (Å²) in [7, 11) is 1.61. The molecule has 0 aliphatic carbocycles. The van der Waals surface area contributed by atoms with Crippen molar-refractivity contribution < 1.29 is 14.3 Å². The Labute approximate surface area is 145 Å². The molecule has 0 saturated carbocycles. The second kappa shape index (κ2) is 9.52. The van der Waals surface area contributed by atoms with E-state index in [1.165, 1.54) is 0 Å². The van der Waals surface area contributed by atoms with E-state index in [0.29, 0.717) is 0 Å². The molecule has 0 heterocycles. The van der Waals surface area contributed by atoms with Crippen LogP contribution in [0.3, 0.4) is 0 Å². The fraction of sp³-hybridized carbons (Fsp3) is 0.500. The quantitative estimate of drug-likeness (QED) is 0.636. The molecule has 1 atom stereocenters. The van der Waals surface area contributed by atoms with E-state index in [0.717, 1.165) is 15.8 Å². The smallest absolute Gasteiger partial charge is 0.239 e. The van der Waals surface area contributed by atoms with E-state index >= 15 is 0 Å². The molecular weight excluding hydrogens is 362 g/mol. The number of carbonyl (C=O) groups excluding carboxylic acids is 2. The first-order valence-electron chi connectivity index (χ1n) is 7.46. The third-order valence-electron chi connectivity index (χ3n) is 3.14. The van der Waals surface area contributed by atoms with Crippen LogP contribution in [0, 0.1) is 0 Å². The van der Waals surface area contributed by atoms with Crippen molar-refractivity contribution in [2.24, 2.45) is 0 Å². The van der Waals surface area contributed by atoms with Gasteiger partial charge in [0.05, 0.1) is 24.7 Å². The molecule has 3 N–H and O–H groups in total. The number of hydrogen-bond acceptors (Lipinski definition) is 4. The summed E-state index contributed by atoms with van der Waals surface area (Å²) >= 11 is 3.44. The minimum absolute atomic E-state index is 0.00699. The zero-order valence-corrected chi connectivity index (χ0v) is 15.5. The van der Waals surface area contributed by atoms with Crippen molar-refractivity contribution in [3.63, 3.8) is 0 Å². The van der Waals surface area contributed by atoms with Crippen LogP contribution in [0.5, 0.6) is 5.75 Å². The molecule has 0 unspecified atom stereocenters. The summed E-state index contributed by atoms with van der Waals surface area (Å²) in [6.07, 6.45) is 0. The molecule has 0 fully saturated rings. The molecule has 0 aromatic heterocycles. The Morgan fingerprint density at radius 1 is 1.17 bits per heavy atom. The van der Waals surface area contributed by atoms with Crippen molar-refractivity contribution >= 4 is 27.7 Å². The lowest BCUT2D eigenvalue weighted by molar-refractivity contribution is -0.125. The van der Waals surface area contributed by atoms with Gasteiger partial charge in [0.15, 0.2) is 0 Å². The number of rotatable bonds is 8. The Morgan fingerprint density at radius 2 is 1.87 bits per heavy atom. The summed E-state index contributed by atoms with van der Waals surface area (Å²) in [6.45, 7) is 5.83. The topological polar surface area (TPSA) is 79.5 Å². The van der Waals surface area contributed by atoms with E-state index < -0.39 is 0 Å². The molecule has 0 spiro atoms. The van der Waals surface area contributed by atoms with Gasteiger partial charge in [0.1, 0.15) is 5.75 Å². The Bertz CT molecular complexity index is 549. The van der Waals surface area contributed by atoms with Gasteiger partial charge in [-0.1, -0.05) is 6.07 Å². The van der Waals surface area contributed by atoms with E-state index in [9.17, 15) is 9.59 Å². The van der Waals surface area contributed by atoms with Crippen LogP contribution in [0.25, 0.3) is 0 Å². The average molecular weight is 386 g/mol. The lowest BCUT2D eigenvalue weighted by atomic mass is 10.1. The molecule has 1 rings (SSSR count). The maximum atomic E-state index is 11.8. The highest BCUT2D eigenvalue weighted by Gasteiger charge is 2.11. The van der Waals surface area contributed by atoms with Crippen LogP contribution in [0.1, 0.15) is 32.4 Å². The maximum Gasteiger partial charge on any atom is 0.239 e. The van der Waals surface area contributed by atoms with E-state index in [2.05, 4.69) is 31.9 Å². The highest BCUT2D eigenvalue weighted by molar-refractivity contribution is 9.10. The fourth-order valence-electron chi connectivity index (χ4n) is 1.93. The molecule has 23 heavy (non-hydrogen) atoms. The minimum atomic E-state index is -0.219. The highest BCUT2D eigenvalue weighted by Crippen LogP contribution is 2.27. The van der Waals surface area contributed by atoms with Gasteiger partial charge in [0.25, 0.3) is 0 Å². The van der Waals surface area contributed by atoms with Crippen LogP contribution >= 0.6 is 15.9 Å². The normalized spacial score (nSPS) is 11.9. The Morgan fingerprint density at radius 3 is 2.43 bits per heavy atom. The lowest BCUT2D eigenvalue weighted by Gasteiger charge is -2.15. The van der Waals surface area contributed by atoms with Crippen molar-refractivity contribution in [3.05, 3.63) is 28.2 Å². The van der Waals surface area contributed by atoms with Gasteiger partial charge in [-0.25, -0.2) is 0 Å². The van der Waals surface area contributed by atoms with Crippen molar-refractivity contribution in [2.45, 2.75) is 32.9 Å². The molecule has 1 aromatic carbocycles. The van der Waals surface area contributed by atoms with Gasteiger partial charge >= 0.3 is 0 Å². The van der Waals surface area contributed by atoms with E-state index in [-0.39, 0.29) is 37.0 Å². The molecule has 0 aliphatic heterocycles. The Hall–Kier alpha value is -1.60. The third-order valence-corrected chi connectivity index (χ3v) is 3.76. The summed E-state index contributed by atoms with van der Waals surface area (Å²) in [4.78, 5) is 23.2. The second-order valence-corrected chi connectivity index (χ2v) is 6.35. The first-order valence-corrected chi connectivity index (χ1v) is 8.25. The van der Waals surface area contributed by atoms with Gasteiger partial charge in [-0.2, -0.15) is 0 Å². The number of benzene rings is 1. The maximum absolute atomic E-state index is 11.8. The van der Waals surface area contributed by atoms with E-state index in [1.54, 1.807) is 7.11 Å². The van der Waals surface area contributed by atoms with E-state index in [4.69, 9.17) is 4.74 Å². The minimum Gasteiger partial charge on any atom is -0.496 e. The van der Waals surface area contributed by atoms with Crippen molar-refractivity contribution in [1.82, 2.24) is 16.0 Å². The number of amides is 2. The Balaban J connectivity index is 2.40. The van der Waals surface area contributed by atoms with Crippen LogP contribution in [0.2, 0.25) is 0 Å². The Kier molecular flexibility index (Phi) is 8.05. The zero-order chi connectivity index (χ0) is 17.4. The van der Waals surface area contributed by atoms with Gasteiger partial charge in [-0.05, 0) is 54.4 Å². The summed E-state index contributed by atoms with van der Waals surface area (Å²) in [5.41, 5.74) is 1.03. The summed E-state index contributed by atoms with van der Waals surface area (Å²) < 4.78 is 6.05. The number of methoxy groups -OCH3 is 1. The van der Waals surface area contributed by atoms with Crippen molar-refractivity contribution in [3.8, 4) is 5.75 Å². The van der Waals surface area contributed by atoms with Crippen LogP contribution in [-0.4, -0.2) is 38.1 Å². The van der Waals surface area contributed by atoms with Crippen LogP contribution in [-0.2, 0) is 9.59 Å². The predicted molar refractivity (Wildman–Crippen MR) is 93.4 cm³/mol. The molecule has 2 amide bonds. The van der Waals surface area contributed by atoms with Crippen LogP contribution in [0.15, 0.2) is 22.7 Å². The van der Waals surface area contributed by atoms with Gasteiger partial charge in [-0.3, -0.25) is 9.59 Å². The van der Waals surface area contributed by atoms with Crippen LogP contribution in [0.4, 0.5) is 0 Å². The number of carbonyl (C=O) groups is 2. The molecule has 128 valence electrons. The molecule has 6 nitrogen and oxygen atoms in total. The number of halogens is 1. The van der Waals surface area contributed by atoms with Gasteiger partial charge < -0.3 is 20.7 Å². The monoisotopic (exact) mass is 385 g/mol. The van der Waals surface area contributed by atoms with Gasteiger partial charge in [0.2, 0.25) is 11.8 Å². The first-order chi connectivity index (χ1) is 10.8. The molecule has 0 bridgehead atoms. The first kappa shape index (κ1) is 19.4. The SMILES string of the molecule is COc1ccc([C@H](C)NCC(=O)NCC(=O)NC(C)C)cc1Br. The molecule has 1 aromatic rings. The molecule has 7 heteroatoms. The largest absolute Gasteiger partial charge is 0.496 e. The van der Waals surface area contributed by atoms with E-state index in [1.807, 2.05) is 39.0 Å². The van der Waals surface area contributed by atoms with Crippen LogP contribution < -0.4 is 20.7 Å². The molecule has 0 aliphatic rings. The summed E-state index contributed by atoms with van der Waals surface area (Å²) in [5, 5.41) is 8.42. The number of hydrogen-bond donors (Lipinski definition) is 3. The fourth-order valence-corrected chi connectivity index (χ4v) is 2.49. The standard InChI is InChI=1S/C16H24BrN3O3/c1-10(2)20-16(22)9-19-15(21)8-18-11(3)12-5-6-14(23-4)13(17)7-12/h5-7,10-11,18H,8-9H2,1-4H3,(H,19,21)(H,20,22)/t11-/m0/s1. The van der Waals surface area contributed by atoms with Crippen molar-refractivity contribution in [1.29, 1.82) is 0 Å². The summed E-state index contributed by atoms with van der Waals surface area (Å²) in [5.74, 6) is 0.346. The average Bonchev–Trinajstić information content (AvgIpc) is 2.49. The molecular formula is C16H24BrN3O3. The predicted octanol–water partition coefficient (Wildman–Crippen LogP) is 1.75. The molecule has 0 radical (unpaired) electrons.